The fraction of sp³-hybridized carbons (Fsp3) is 0.667. The first-order valence-corrected chi connectivity index (χ1v) is 6.05. The van der Waals surface area contributed by atoms with Crippen LogP contribution in [0.4, 0.5) is 5.82 Å². The molecule has 1 aromatic heterocycles. The van der Waals surface area contributed by atoms with Gasteiger partial charge in [0.25, 0.3) is 0 Å². The Morgan fingerprint density at radius 3 is 2.75 bits per heavy atom. The van der Waals surface area contributed by atoms with Gasteiger partial charge in [-0.05, 0) is 25.8 Å². The highest BCUT2D eigenvalue weighted by Gasteiger charge is 2.27. The zero-order valence-corrected chi connectivity index (χ0v) is 10.1. The van der Waals surface area contributed by atoms with Crippen molar-refractivity contribution in [2.45, 2.75) is 38.8 Å². The summed E-state index contributed by atoms with van der Waals surface area (Å²) in [7, 11) is 2.09. The second kappa shape index (κ2) is 5.25. The summed E-state index contributed by atoms with van der Waals surface area (Å²) in [4.78, 5) is 11.1. The normalized spacial score (nSPS) is 15.1. The van der Waals surface area contributed by atoms with Crippen molar-refractivity contribution in [1.82, 2.24) is 15.3 Å². The van der Waals surface area contributed by atoms with Crippen LogP contribution in [0.1, 0.15) is 31.9 Å². The summed E-state index contributed by atoms with van der Waals surface area (Å²) < 4.78 is 0. The number of hydrogen-bond donors (Lipinski definition) is 1. The largest absolute Gasteiger partial charge is 0.355 e. The van der Waals surface area contributed by atoms with Gasteiger partial charge in [0.15, 0.2) is 0 Å². The molecule has 0 aliphatic heterocycles. The maximum atomic E-state index is 4.44. The smallest absolute Gasteiger partial charge is 0.147 e. The molecule has 0 radical (unpaired) electrons. The predicted molar refractivity (Wildman–Crippen MR) is 65.5 cm³/mol. The summed E-state index contributed by atoms with van der Waals surface area (Å²) in [5, 5.41) is 3.32. The summed E-state index contributed by atoms with van der Waals surface area (Å²) in [5.41, 5.74) is 1.02. The molecule has 1 fully saturated rings. The topological polar surface area (TPSA) is 41.1 Å². The van der Waals surface area contributed by atoms with E-state index < -0.39 is 0 Å². The zero-order valence-electron chi connectivity index (χ0n) is 10.1. The van der Waals surface area contributed by atoms with Gasteiger partial charge < -0.3 is 10.2 Å². The van der Waals surface area contributed by atoms with E-state index in [2.05, 4.69) is 34.2 Å². The Hall–Kier alpha value is -1.16. The van der Waals surface area contributed by atoms with Crippen LogP contribution < -0.4 is 10.2 Å². The van der Waals surface area contributed by atoms with Gasteiger partial charge in [-0.25, -0.2) is 4.98 Å². The van der Waals surface area contributed by atoms with E-state index in [0.29, 0.717) is 6.04 Å². The van der Waals surface area contributed by atoms with Crippen molar-refractivity contribution in [3.8, 4) is 0 Å². The van der Waals surface area contributed by atoms with Crippen molar-refractivity contribution in [2.24, 2.45) is 0 Å². The van der Waals surface area contributed by atoms with Crippen LogP contribution in [0.2, 0.25) is 0 Å². The lowest BCUT2D eigenvalue weighted by Gasteiger charge is -2.16. The molecule has 1 N–H and O–H groups in total. The first-order valence-electron chi connectivity index (χ1n) is 6.05. The molecule has 4 heteroatoms. The molecule has 0 spiro atoms. The third-order valence-corrected chi connectivity index (χ3v) is 2.88. The second-order valence-corrected chi connectivity index (χ2v) is 4.38. The van der Waals surface area contributed by atoms with E-state index in [1.165, 1.54) is 12.8 Å². The molecular weight excluding hydrogens is 200 g/mol. The molecule has 0 bridgehead atoms. The maximum Gasteiger partial charge on any atom is 0.147 e. The van der Waals surface area contributed by atoms with E-state index in [1.807, 2.05) is 12.4 Å². The van der Waals surface area contributed by atoms with Crippen LogP contribution in [0.25, 0.3) is 0 Å². The molecule has 0 amide bonds. The monoisotopic (exact) mass is 220 g/mol. The van der Waals surface area contributed by atoms with Crippen LogP contribution in [0.15, 0.2) is 12.4 Å². The number of nitrogens with zero attached hydrogens (tertiary/aromatic N) is 3. The Morgan fingerprint density at radius 2 is 2.19 bits per heavy atom. The van der Waals surface area contributed by atoms with Crippen LogP contribution in [0, 0.1) is 0 Å². The molecule has 1 heterocycles. The van der Waals surface area contributed by atoms with Gasteiger partial charge in [-0.1, -0.05) is 6.92 Å². The quantitative estimate of drug-likeness (QED) is 0.739. The van der Waals surface area contributed by atoms with E-state index in [4.69, 9.17) is 0 Å². The summed E-state index contributed by atoms with van der Waals surface area (Å²) in [6.07, 6.45) is 7.48. The molecular formula is C12H20N4. The molecule has 0 atom stereocenters. The molecule has 1 aromatic rings. The van der Waals surface area contributed by atoms with Crippen LogP contribution in [0.5, 0.6) is 0 Å². The van der Waals surface area contributed by atoms with Crippen molar-refractivity contribution in [3.05, 3.63) is 18.1 Å². The van der Waals surface area contributed by atoms with Gasteiger partial charge >= 0.3 is 0 Å². The predicted octanol–water partition coefficient (Wildman–Crippen LogP) is 1.57. The minimum absolute atomic E-state index is 0.693. The van der Waals surface area contributed by atoms with Gasteiger partial charge in [0.05, 0.1) is 18.1 Å². The van der Waals surface area contributed by atoms with Crippen LogP contribution in [0.3, 0.4) is 0 Å². The first kappa shape index (κ1) is 11.3. The number of anilines is 1. The number of nitrogens with one attached hydrogen (secondary N) is 1. The van der Waals surface area contributed by atoms with Crippen molar-refractivity contribution < 1.29 is 0 Å². The second-order valence-electron chi connectivity index (χ2n) is 4.38. The third-order valence-electron chi connectivity index (χ3n) is 2.88. The van der Waals surface area contributed by atoms with Gasteiger partial charge in [0.2, 0.25) is 0 Å². The zero-order chi connectivity index (χ0) is 11.4. The Bertz CT molecular complexity index is 318. The fourth-order valence-electron chi connectivity index (χ4n) is 1.66. The van der Waals surface area contributed by atoms with Crippen LogP contribution >= 0.6 is 0 Å². The number of hydrogen-bond acceptors (Lipinski definition) is 4. The summed E-state index contributed by atoms with van der Waals surface area (Å²) in [6.45, 7) is 4.01. The summed E-state index contributed by atoms with van der Waals surface area (Å²) >= 11 is 0. The van der Waals surface area contributed by atoms with Crippen LogP contribution in [-0.4, -0.2) is 29.6 Å². The lowest BCUT2D eigenvalue weighted by atomic mass is 10.4. The molecule has 1 aliphatic rings. The average Bonchev–Trinajstić information content (AvgIpc) is 3.13. The molecule has 88 valence electrons. The van der Waals surface area contributed by atoms with Gasteiger partial charge in [0.1, 0.15) is 5.82 Å². The molecule has 0 saturated heterocycles. The molecule has 1 aliphatic carbocycles. The lowest BCUT2D eigenvalue weighted by molar-refractivity contribution is 0.661. The highest BCUT2D eigenvalue weighted by molar-refractivity contribution is 5.37. The maximum absolute atomic E-state index is 4.44. The molecule has 16 heavy (non-hydrogen) atoms. The van der Waals surface area contributed by atoms with E-state index in [-0.39, 0.29) is 0 Å². The van der Waals surface area contributed by atoms with Gasteiger partial charge in [-0.15, -0.1) is 0 Å². The van der Waals surface area contributed by atoms with Gasteiger partial charge in [0, 0.05) is 19.6 Å². The van der Waals surface area contributed by atoms with Gasteiger partial charge in [-0.3, -0.25) is 4.98 Å². The van der Waals surface area contributed by atoms with Crippen molar-refractivity contribution in [3.63, 3.8) is 0 Å². The molecule has 4 nitrogen and oxygen atoms in total. The van der Waals surface area contributed by atoms with E-state index >= 15 is 0 Å². The third kappa shape index (κ3) is 2.92. The fourth-order valence-corrected chi connectivity index (χ4v) is 1.66. The van der Waals surface area contributed by atoms with Crippen molar-refractivity contribution in [1.29, 1.82) is 0 Å². The molecule has 0 aromatic carbocycles. The highest BCUT2D eigenvalue weighted by Crippen LogP contribution is 2.28. The Labute approximate surface area is 97.1 Å². The SMILES string of the molecule is CCCNCc1cnc(N(C)C2CC2)cn1. The lowest BCUT2D eigenvalue weighted by Crippen LogP contribution is -2.21. The molecule has 1 saturated carbocycles. The minimum Gasteiger partial charge on any atom is -0.355 e. The summed E-state index contributed by atoms with van der Waals surface area (Å²) in [5.74, 6) is 0.988. The molecule has 0 unspecified atom stereocenters. The van der Waals surface area contributed by atoms with E-state index in [1.54, 1.807) is 0 Å². The van der Waals surface area contributed by atoms with Crippen LogP contribution in [-0.2, 0) is 6.54 Å². The number of aromatic nitrogens is 2. The summed E-state index contributed by atoms with van der Waals surface area (Å²) in [6, 6.07) is 0.693. The van der Waals surface area contributed by atoms with Gasteiger partial charge in [-0.2, -0.15) is 0 Å². The minimum atomic E-state index is 0.693. The standard InChI is InChI=1S/C12H20N4/c1-3-6-13-7-10-8-15-12(9-14-10)16(2)11-4-5-11/h8-9,11,13H,3-7H2,1-2H3. The average molecular weight is 220 g/mol. The van der Waals surface area contributed by atoms with E-state index in [0.717, 1.165) is 31.0 Å². The Kier molecular flexibility index (Phi) is 3.72. The Balaban J connectivity index is 1.88. The molecule has 2 rings (SSSR count). The van der Waals surface area contributed by atoms with Crippen molar-refractivity contribution in [2.75, 3.05) is 18.5 Å². The van der Waals surface area contributed by atoms with E-state index in [9.17, 15) is 0 Å². The first-order chi connectivity index (χ1) is 7.81. The van der Waals surface area contributed by atoms with Crippen molar-refractivity contribution >= 4 is 5.82 Å². The number of rotatable bonds is 6. The Morgan fingerprint density at radius 1 is 1.38 bits per heavy atom. The highest BCUT2D eigenvalue weighted by atomic mass is 15.2.